The molecule has 2 rings (SSSR count). The number of rotatable bonds is 3. The van der Waals surface area contributed by atoms with Crippen molar-refractivity contribution in [1.82, 2.24) is 15.3 Å². The van der Waals surface area contributed by atoms with Crippen LogP contribution in [0.3, 0.4) is 0 Å². The zero-order valence-electron chi connectivity index (χ0n) is 11.1. The number of hydrogen-bond acceptors (Lipinski definition) is 4. The molecule has 0 bridgehead atoms. The van der Waals surface area contributed by atoms with Crippen molar-refractivity contribution in [1.29, 1.82) is 0 Å². The number of halogens is 1. The summed E-state index contributed by atoms with van der Waals surface area (Å²) in [5.41, 5.74) is 1.34. The predicted molar refractivity (Wildman–Crippen MR) is 79.5 cm³/mol. The van der Waals surface area contributed by atoms with E-state index < -0.39 is 5.91 Å². The third kappa shape index (κ3) is 4.15. The highest BCUT2D eigenvalue weighted by Crippen LogP contribution is 2.14. The van der Waals surface area contributed by atoms with Crippen LogP contribution in [0.15, 0.2) is 36.7 Å². The minimum Gasteiger partial charge on any atom is -0.341 e. The number of aromatic nitrogens is 2. The van der Waals surface area contributed by atoms with Crippen LogP contribution in [-0.4, -0.2) is 29.0 Å². The molecule has 0 aliphatic heterocycles. The number of carbonyl (C=O) groups is 2. The van der Waals surface area contributed by atoms with Crippen molar-refractivity contribution < 1.29 is 9.59 Å². The van der Waals surface area contributed by atoms with Gasteiger partial charge in [0.1, 0.15) is 10.8 Å². The molecule has 0 aliphatic carbocycles. The van der Waals surface area contributed by atoms with Crippen LogP contribution in [0.5, 0.6) is 0 Å². The largest absolute Gasteiger partial charge is 0.341 e. The molecule has 0 unspecified atom stereocenters. The molecule has 0 saturated carbocycles. The number of amides is 3. The second-order valence-electron chi connectivity index (χ2n) is 3.96. The van der Waals surface area contributed by atoms with Gasteiger partial charge in [-0.05, 0) is 24.3 Å². The molecule has 0 fully saturated rings. The first kappa shape index (κ1) is 14.7. The summed E-state index contributed by atoms with van der Waals surface area (Å²) in [7, 11) is 1.52. The van der Waals surface area contributed by atoms with Gasteiger partial charge in [0, 0.05) is 18.4 Å². The molecule has 3 amide bonds. The maximum Gasteiger partial charge on any atom is 0.318 e. The lowest BCUT2D eigenvalue weighted by molar-refractivity contribution is 0.102. The maximum absolute atomic E-state index is 11.9. The fourth-order valence-electron chi connectivity index (χ4n) is 1.46. The molecular weight excluding hydrogens is 294 g/mol. The first-order chi connectivity index (χ1) is 10.1. The topological polar surface area (TPSA) is 96.0 Å². The van der Waals surface area contributed by atoms with E-state index in [0.717, 1.165) is 0 Å². The molecule has 1 aromatic carbocycles. The van der Waals surface area contributed by atoms with Gasteiger partial charge in [-0.1, -0.05) is 11.6 Å². The van der Waals surface area contributed by atoms with Crippen molar-refractivity contribution in [3.63, 3.8) is 0 Å². The Morgan fingerprint density at radius 3 is 2.14 bits per heavy atom. The average molecular weight is 306 g/mol. The fraction of sp³-hybridized carbons (Fsp3) is 0.0769. The summed E-state index contributed by atoms with van der Waals surface area (Å²) in [5.74, 6) is -0.397. The summed E-state index contributed by atoms with van der Waals surface area (Å²) < 4.78 is 0. The van der Waals surface area contributed by atoms with Crippen molar-refractivity contribution >= 4 is 34.9 Å². The Labute approximate surface area is 125 Å². The van der Waals surface area contributed by atoms with Crippen LogP contribution in [0.4, 0.5) is 16.2 Å². The zero-order valence-corrected chi connectivity index (χ0v) is 11.8. The Morgan fingerprint density at radius 1 is 1.00 bits per heavy atom. The Morgan fingerprint density at radius 2 is 1.62 bits per heavy atom. The van der Waals surface area contributed by atoms with Crippen molar-refractivity contribution in [3.05, 3.63) is 47.5 Å². The van der Waals surface area contributed by atoms with E-state index in [2.05, 4.69) is 25.9 Å². The first-order valence-electron chi connectivity index (χ1n) is 5.96. The van der Waals surface area contributed by atoms with Gasteiger partial charge in [-0.2, -0.15) is 0 Å². The van der Waals surface area contributed by atoms with Crippen LogP contribution < -0.4 is 16.0 Å². The lowest BCUT2D eigenvalue weighted by atomic mass is 10.2. The standard InChI is InChI=1S/C13H12ClN5O2/c1-15-13(21)19-9-4-2-8(3-5-9)18-12(20)10-6-17-11(14)7-16-10/h2-7H,1H3,(H,18,20)(H2,15,19,21). The van der Waals surface area contributed by atoms with Gasteiger partial charge in [-0.15, -0.1) is 0 Å². The Hall–Kier alpha value is -2.67. The van der Waals surface area contributed by atoms with Crippen molar-refractivity contribution in [3.8, 4) is 0 Å². The number of benzene rings is 1. The molecule has 0 radical (unpaired) electrons. The third-order valence-electron chi connectivity index (χ3n) is 2.48. The van der Waals surface area contributed by atoms with E-state index in [1.54, 1.807) is 24.3 Å². The second-order valence-corrected chi connectivity index (χ2v) is 4.35. The van der Waals surface area contributed by atoms with E-state index in [-0.39, 0.29) is 16.9 Å². The normalized spacial score (nSPS) is 9.81. The molecule has 0 spiro atoms. The van der Waals surface area contributed by atoms with Crippen LogP contribution in [0.1, 0.15) is 10.5 Å². The summed E-state index contributed by atoms with van der Waals surface area (Å²) in [5, 5.41) is 7.93. The second kappa shape index (κ2) is 6.67. The zero-order chi connectivity index (χ0) is 15.2. The van der Waals surface area contributed by atoms with Gasteiger partial charge >= 0.3 is 6.03 Å². The predicted octanol–water partition coefficient (Wildman–Crippen LogP) is 2.13. The van der Waals surface area contributed by atoms with E-state index >= 15 is 0 Å². The summed E-state index contributed by atoms with van der Waals surface area (Å²) in [6, 6.07) is 6.33. The van der Waals surface area contributed by atoms with E-state index in [9.17, 15) is 9.59 Å². The van der Waals surface area contributed by atoms with Gasteiger partial charge in [0.2, 0.25) is 0 Å². The number of carbonyl (C=O) groups excluding carboxylic acids is 2. The number of nitrogens with zero attached hydrogens (tertiary/aromatic N) is 2. The Balaban J connectivity index is 2.01. The molecule has 21 heavy (non-hydrogen) atoms. The summed E-state index contributed by atoms with van der Waals surface area (Å²) >= 11 is 5.60. The smallest absolute Gasteiger partial charge is 0.318 e. The van der Waals surface area contributed by atoms with E-state index in [0.29, 0.717) is 11.4 Å². The molecule has 1 aromatic heterocycles. The minimum absolute atomic E-state index is 0.159. The van der Waals surface area contributed by atoms with E-state index in [1.165, 1.54) is 19.4 Å². The Kier molecular flexibility index (Phi) is 4.68. The molecule has 7 nitrogen and oxygen atoms in total. The lowest BCUT2D eigenvalue weighted by Crippen LogP contribution is -2.24. The molecule has 8 heteroatoms. The highest BCUT2D eigenvalue weighted by atomic mass is 35.5. The number of hydrogen-bond donors (Lipinski definition) is 3. The van der Waals surface area contributed by atoms with Gasteiger partial charge in [-0.25, -0.2) is 14.8 Å². The number of anilines is 2. The molecule has 0 aliphatic rings. The molecule has 3 N–H and O–H groups in total. The summed E-state index contributed by atoms with van der Waals surface area (Å²) in [6.07, 6.45) is 2.59. The average Bonchev–Trinajstić information content (AvgIpc) is 2.49. The lowest BCUT2D eigenvalue weighted by Gasteiger charge is -2.07. The monoisotopic (exact) mass is 305 g/mol. The third-order valence-corrected chi connectivity index (χ3v) is 2.68. The molecule has 0 atom stereocenters. The molecule has 108 valence electrons. The van der Waals surface area contributed by atoms with Gasteiger partial charge < -0.3 is 16.0 Å². The van der Waals surface area contributed by atoms with Crippen LogP contribution in [0.2, 0.25) is 5.15 Å². The van der Waals surface area contributed by atoms with Gasteiger partial charge in [-0.3, -0.25) is 4.79 Å². The van der Waals surface area contributed by atoms with Crippen LogP contribution >= 0.6 is 11.6 Å². The van der Waals surface area contributed by atoms with Crippen molar-refractivity contribution in [2.75, 3.05) is 17.7 Å². The summed E-state index contributed by atoms with van der Waals surface area (Å²) in [4.78, 5) is 30.7. The molecule has 1 heterocycles. The fourth-order valence-corrected chi connectivity index (χ4v) is 1.55. The number of nitrogens with one attached hydrogen (secondary N) is 3. The van der Waals surface area contributed by atoms with Gasteiger partial charge in [0.05, 0.1) is 12.4 Å². The molecule has 2 aromatic rings. The molecule has 0 saturated heterocycles. The number of urea groups is 1. The van der Waals surface area contributed by atoms with Gasteiger partial charge in [0.15, 0.2) is 0 Å². The van der Waals surface area contributed by atoms with Crippen LogP contribution in [-0.2, 0) is 0 Å². The highest BCUT2D eigenvalue weighted by molar-refractivity contribution is 6.29. The van der Waals surface area contributed by atoms with Crippen LogP contribution in [0.25, 0.3) is 0 Å². The van der Waals surface area contributed by atoms with E-state index in [1.807, 2.05) is 0 Å². The minimum atomic E-state index is -0.397. The summed E-state index contributed by atoms with van der Waals surface area (Å²) in [6.45, 7) is 0. The highest BCUT2D eigenvalue weighted by Gasteiger charge is 2.08. The van der Waals surface area contributed by atoms with Crippen molar-refractivity contribution in [2.24, 2.45) is 0 Å². The van der Waals surface area contributed by atoms with Gasteiger partial charge in [0.25, 0.3) is 5.91 Å². The SMILES string of the molecule is CNC(=O)Nc1ccc(NC(=O)c2cnc(Cl)cn2)cc1. The van der Waals surface area contributed by atoms with E-state index in [4.69, 9.17) is 11.6 Å². The first-order valence-corrected chi connectivity index (χ1v) is 6.34. The van der Waals surface area contributed by atoms with Crippen LogP contribution in [0, 0.1) is 0 Å². The molecular formula is C13H12ClN5O2. The quantitative estimate of drug-likeness (QED) is 0.809. The Bertz CT molecular complexity index is 643. The maximum atomic E-state index is 11.9. The van der Waals surface area contributed by atoms with Crippen molar-refractivity contribution in [2.45, 2.75) is 0 Å².